The fraction of sp³-hybridized carbons (Fsp3) is 0. The number of hydrogen-bond acceptors (Lipinski definition) is 0. The Kier molecular flexibility index (Phi) is 121. The molecule has 4 heavy (non-hydrogen) atoms. The van der Waals surface area contributed by atoms with Gasteiger partial charge >= 0.3 is 27.7 Å². The van der Waals surface area contributed by atoms with Crippen LogP contribution in [0.3, 0.4) is 0 Å². The molecule has 0 nitrogen and oxygen atoms in total. The van der Waals surface area contributed by atoms with Crippen molar-refractivity contribution < 1.29 is 91.7 Å². The van der Waals surface area contributed by atoms with Gasteiger partial charge in [0, 0.05) is 27.7 Å². The number of hydrogen-bond donors (Lipinski definition) is 0. The van der Waals surface area contributed by atoms with Crippen LogP contribution in [0.4, 0.5) is 0 Å². The summed E-state index contributed by atoms with van der Waals surface area (Å²) in [7, 11) is 0. The van der Waals surface area contributed by atoms with E-state index in [-0.39, 0.29) is 91.7 Å². The Balaban J connectivity index is 0. The van der Waals surface area contributed by atoms with Crippen molar-refractivity contribution in [1.29, 1.82) is 0 Å². The average molecular weight is 564 g/mol. The maximum atomic E-state index is 0. The van der Waals surface area contributed by atoms with Crippen LogP contribution in [0.1, 0.15) is 0 Å². The molecule has 0 radical (unpaired) electrons. The summed E-state index contributed by atoms with van der Waals surface area (Å²) in [6.07, 6.45) is 0. The molecule has 0 fully saturated rings. The van der Waals surface area contributed by atoms with E-state index in [1.807, 2.05) is 0 Å². The van der Waals surface area contributed by atoms with E-state index in [1.54, 1.807) is 0 Å². The molecule has 0 spiro atoms. The van der Waals surface area contributed by atoms with Crippen molar-refractivity contribution >= 4 is 0 Å². The molecule has 0 saturated carbocycles. The Morgan fingerprint density at radius 2 is 1.00 bits per heavy atom. The van der Waals surface area contributed by atoms with Crippen LogP contribution in [0, 0.1) is 0 Å². The van der Waals surface area contributed by atoms with Gasteiger partial charge in [0.05, 0.1) is 0 Å². The van der Waals surface area contributed by atoms with Crippen LogP contribution in [-0.2, 0) is 55.3 Å². The van der Waals surface area contributed by atoms with Crippen molar-refractivity contribution in [2.75, 3.05) is 0 Å². The summed E-state index contributed by atoms with van der Waals surface area (Å²) in [5.74, 6) is 0. The van der Waals surface area contributed by atoms with Gasteiger partial charge in [0.2, 0.25) is 0 Å². The summed E-state index contributed by atoms with van der Waals surface area (Å²) >= 11 is 0. The van der Waals surface area contributed by atoms with E-state index in [2.05, 4.69) is 0 Å². The van der Waals surface area contributed by atoms with Gasteiger partial charge in [0.25, 0.3) is 0 Å². The summed E-state index contributed by atoms with van der Waals surface area (Å²) in [4.78, 5) is 0. The van der Waals surface area contributed by atoms with E-state index >= 15 is 0 Å². The fourth-order valence-corrected chi connectivity index (χ4v) is 0. The van der Waals surface area contributed by atoms with Gasteiger partial charge in [-0.25, -0.2) is 0 Å². The molecule has 0 saturated heterocycles. The van der Waals surface area contributed by atoms with Gasteiger partial charge in [-0.3, -0.25) is 0 Å². The zero-order valence-corrected chi connectivity index (χ0v) is 16.1. The molecule has 0 aliphatic heterocycles. The van der Waals surface area contributed by atoms with Crippen LogP contribution < -0.4 is 36.4 Å². The van der Waals surface area contributed by atoms with Gasteiger partial charge < -0.3 is 36.4 Å². The molecular formula is ClHg2I. The van der Waals surface area contributed by atoms with Crippen molar-refractivity contribution in [2.45, 2.75) is 0 Å². The molecule has 4 heteroatoms. The second-order valence-corrected chi connectivity index (χ2v) is 0. The van der Waals surface area contributed by atoms with Crippen LogP contribution >= 0.6 is 0 Å². The normalized spacial score (nSPS) is 0. The summed E-state index contributed by atoms with van der Waals surface area (Å²) in [5.41, 5.74) is 0. The van der Waals surface area contributed by atoms with Gasteiger partial charge in [-0.2, -0.15) is 0 Å². The minimum absolute atomic E-state index is 0. The molecule has 0 aromatic carbocycles. The van der Waals surface area contributed by atoms with E-state index in [1.165, 1.54) is 0 Å². The Morgan fingerprint density at radius 1 is 1.00 bits per heavy atom. The molecule has 0 aliphatic rings. The average Bonchev–Trinajstić information content (AvgIpc) is 0. The standard InChI is InChI=1S/ClH.2Hg.HI/h1H;;;1H/q;;+2;/p-2. The molecule has 0 amide bonds. The molecule has 18 valence electrons. The van der Waals surface area contributed by atoms with E-state index in [9.17, 15) is 0 Å². The first-order valence-electron chi connectivity index (χ1n) is 0. The Bertz CT molecular complexity index is 6.00. The SMILES string of the molecule is [Cl-].[Hg+2].[Hg].[I-]. The van der Waals surface area contributed by atoms with Crippen LogP contribution in [-0.4, -0.2) is 0 Å². The first-order chi connectivity index (χ1) is 0. The van der Waals surface area contributed by atoms with E-state index < -0.39 is 0 Å². The van der Waals surface area contributed by atoms with Crippen LogP contribution in [0.2, 0.25) is 0 Å². The Labute approximate surface area is 89.9 Å². The predicted octanol–water partition coefficient (Wildman–Crippen LogP) is -6.00. The molecule has 0 aliphatic carbocycles. The van der Waals surface area contributed by atoms with Crippen molar-refractivity contribution in [2.24, 2.45) is 0 Å². The zero-order valence-electron chi connectivity index (χ0n) is 2.17. The van der Waals surface area contributed by atoms with Gasteiger partial charge in [-0.05, 0) is 0 Å². The molecule has 0 rings (SSSR count). The summed E-state index contributed by atoms with van der Waals surface area (Å²) in [6, 6.07) is 0. The topological polar surface area (TPSA) is 0 Å². The maximum Gasteiger partial charge on any atom is 2.00 e. The van der Waals surface area contributed by atoms with E-state index in [0.29, 0.717) is 0 Å². The Hall–Kier alpha value is 2.89. The first kappa shape index (κ1) is 28.6. The molecule has 0 heterocycles. The van der Waals surface area contributed by atoms with Gasteiger partial charge in [-0.1, -0.05) is 0 Å². The number of halogens is 2. The van der Waals surface area contributed by atoms with E-state index in [4.69, 9.17) is 0 Å². The van der Waals surface area contributed by atoms with Crippen molar-refractivity contribution in [3.05, 3.63) is 0 Å². The molecule has 0 unspecified atom stereocenters. The quantitative estimate of drug-likeness (QED) is 0.204. The molecular weight excluding hydrogens is 564 g/mol. The van der Waals surface area contributed by atoms with Crippen molar-refractivity contribution in [3.8, 4) is 0 Å². The molecule has 0 bridgehead atoms. The maximum absolute atomic E-state index is 0. The van der Waals surface area contributed by atoms with Crippen molar-refractivity contribution in [3.63, 3.8) is 0 Å². The fourth-order valence-electron chi connectivity index (χ4n) is 0. The van der Waals surface area contributed by atoms with Gasteiger partial charge in [0.15, 0.2) is 0 Å². The molecule has 0 aromatic heterocycles. The van der Waals surface area contributed by atoms with Gasteiger partial charge in [0.1, 0.15) is 0 Å². The largest absolute Gasteiger partial charge is 2.00 e. The Morgan fingerprint density at radius 3 is 1.00 bits per heavy atom. The second-order valence-electron chi connectivity index (χ2n) is 0. The van der Waals surface area contributed by atoms with E-state index in [0.717, 1.165) is 0 Å². The van der Waals surface area contributed by atoms with Crippen LogP contribution in [0.5, 0.6) is 0 Å². The van der Waals surface area contributed by atoms with Crippen LogP contribution in [0.25, 0.3) is 0 Å². The minimum Gasteiger partial charge on any atom is -1.00 e. The summed E-state index contributed by atoms with van der Waals surface area (Å²) in [6.45, 7) is 0. The van der Waals surface area contributed by atoms with Crippen molar-refractivity contribution in [1.82, 2.24) is 0 Å². The zero-order chi connectivity index (χ0) is 0. The van der Waals surface area contributed by atoms with Gasteiger partial charge in [-0.15, -0.1) is 0 Å². The molecule has 0 atom stereocenters. The van der Waals surface area contributed by atoms with Crippen LogP contribution in [0.15, 0.2) is 0 Å². The summed E-state index contributed by atoms with van der Waals surface area (Å²) < 4.78 is 0. The third kappa shape index (κ3) is 8.86. The smallest absolute Gasteiger partial charge is 1.00 e. The third-order valence-electron chi connectivity index (χ3n) is 0. The summed E-state index contributed by atoms with van der Waals surface area (Å²) in [5, 5.41) is 0. The predicted molar refractivity (Wildman–Crippen MR) is 0 cm³/mol. The molecule has 0 N–H and O–H groups in total. The first-order valence-corrected chi connectivity index (χ1v) is 0. The molecule has 0 aromatic rings. The monoisotopic (exact) mass is 566 g/mol. The third-order valence-corrected chi connectivity index (χ3v) is 0. The number of rotatable bonds is 0. The second kappa shape index (κ2) is 16.9. The minimum atomic E-state index is 0.